The summed E-state index contributed by atoms with van der Waals surface area (Å²) in [5.41, 5.74) is 3.24. The average molecular weight is 377 g/mol. The Labute approximate surface area is 154 Å². The third-order valence-corrected chi connectivity index (χ3v) is 5.26. The first-order valence-corrected chi connectivity index (χ1v) is 10.1. The maximum atomic E-state index is 13.3. The molecule has 0 amide bonds. The molecule has 0 aliphatic heterocycles. The van der Waals surface area contributed by atoms with Crippen LogP contribution in [0.1, 0.15) is 22.3 Å². The summed E-state index contributed by atoms with van der Waals surface area (Å²) in [6, 6.07) is 10.2. The second-order valence-corrected chi connectivity index (χ2v) is 8.22. The summed E-state index contributed by atoms with van der Waals surface area (Å²) < 4.78 is 36.7. The third-order valence-electron chi connectivity index (χ3n) is 4.00. The summed E-state index contributed by atoms with van der Waals surface area (Å²) in [4.78, 5) is 4.50. The molecule has 0 saturated heterocycles. The third kappa shape index (κ3) is 5.29. The Morgan fingerprint density at radius 2 is 1.54 bits per heavy atom. The van der Waals surface area contributed by atoms with Gasteiger partial charge in [0, 0.05) is 26.4 Å². The van der Waals surface area contributed by atoms with Crippen molar-refractivity contribution in [3.05, 3.63) is 64.5 Å². The van der Waals surface area contributed by atoms with Crippen LogP contribution < -0.4 is 10.6 Å². The molecule has 0 aromatic heterocycles. The summed E-state index contributed by atoms with van der Waals surface area (Å²) in [5, 5.41) is 6.36. The molecule has 0 bridgehead atoms. The van der Waals surface area contributed by atoms with E-state index in [1.165, 1.54) is 12.3 Å². The van der Waals surface area contributed by atoms with Gasteiger partial charge in [-0.25, -0.2) is 12.8 Å². The van der Waals surface area contributed by atoms with E-state index in [1.807, 2.05) is 6.07 Å². The lowest BCUT2D eigenvalue weighted by molar-refractivity contribution is 0.601. The van der Waals surface area contributed by atoms with Gasteiger partial charge >= 0.3 is 0 Å². The molecule has 0 heterocycles. The fourth-order valence-corrected chi connectivity index (χ4v) is 3.61. The largest absolute Gasteiger partial charge is 0.352 e. The van der Waals surface area contributed by atoms with E-state index < -0.39 is 9.84 Å². The molecule has 5 nitrogen and oxygen atoms in total. The highest BCUT2D eigenvalue weighted by atomic mass is 32.2. The van der Waals surface area contributed by atoms with Crippen LogP contribution in [0.25, 0.3) is 0 Å². The number of halogens is 1. The van der Waals surface area contributed by atoms with E-state index in [0.717, 1.165) is 16.7 Å². The Kier molecular flexibility index (Phi) is 6.37. The van der Waals surface area contributed by atoms with Gasteiger partial charge in [0.15, 0.2) is 15.8 Å². The second kappa shape index (κ2) is 8.31. The Morgan fingerprint density at radius 3 is 2.00 bits per heavy atom. The molecular weight excluding hydrogens is 353 g/mol. The molecule has 0 spiro atoms. The van der Waals surface area contributed by atoms with Crippen LogP contribution in [0.5, 0.6) is 0 Å². The molecule has 140 valence electrons. The fraction of sp³-hybridized carbons (Fsp3) is 0.316. The van der Waals surface area contributed by atoms with E-state index in [9.17, 15) is 12.8 Å². The van der Waals surface area contributed by atoms with Crippen LogP contribution in [0, 0.1) is 19.7 Å². The number of hydrogen-bond acceptors (Lipinski definition) is 3. The molecule has 2 aromatic rings. The standard InChI is InChI=1S/C19H24FN3O2S/c1-13-9-15(5-7-17(13)20)11-22-19(21-3)23-12-16-6-8-18(14(2)10-16)26(4,24)25/h5-10H,11-12H2,1-4H3,(H2,21,22,23). The summed E-state index contributed by atoms with van der Waals surface area (Å²) in [6.45, 7) is 4.54. The van der Waals surface area contributed by atoms with Crippen molar-refractivity contribution in [1.29, 1.82) is 0 Å². The van der Waals surface area contributed by atoms with Crippen LogP contribution in [0.2, 0.25) is 0 Å². The fourth-order valence-electron chi connectivity index (χ4n) is 2.65. The van der Waals surface area contributed by atoms with Gasteiger partial charge in [-0.3, -0.25) is 4.99 Å². The summed E-state index contributed by atoms with van der Waals surface area (Å²) in [7, 11) is -1.55. The molecule has 0 aliphatic rings. The summed E-state index contributed by atoms with van der Waals surface area (Å²) in [5.74, 6) is 0.390. The van der Waals surface area contributed by atoms with Gasteiger partial charge < -0.3 is 10.6 Å². The number of guanidine groups is 1. The van der Waals surface area contributed by atoms with Crippen LogP contribution in [0.3, 0.4) is 0 Å². The maximum Gasteiger partial charge on any atom is 0.191 e. The quantitative estimate of drug-likeness (QED) is 0.621. The van der Waals surface area contributed by atoms with Crippen LogP contribution >= 0.6 is 0 Å². The van der Waals surface area contributed by atoms with E-state index in [0.29, 0.717) is 29.5 Å². The van der Waals surface area contributed by atoms with E-state index in [1.54, 1.807) is 45.2 Å². The molecule has 2 aromatic carbocycles. The lowest BCUT2D eigenvalue weighted by Gasteiger charge is -2.13. The monoisotopic (exact) mass is 377 g/mol. The van der Waals surface area contributed by atoms with Crippen LogP contribution in [-0.4, -0.2) is 27.7 Å². The van der Waals surface area contributed by atoms with Crippen LogP contribution in [-0.2, 0) is 22.9 Å². The van der Waals surface area contributed by atoms with Crippen molar-refractivity contribution in [1.82, 2.24) is 10.6 Å². The first kappa shape index (κ1) is 19.9. The zero-order valence-electron chi connectivity index (χ0n) is 15.4. The van der Waals surface area contributed by atoms with Gasteiger partial charge in [0.25, 0.3) is 0 Å². The number of benzene rings is 2. The number of nitrogens with one attached hydrogen (secondary N) is 2. The molecule has 2 rings (SSSR count). The number of rotatable bonds is 5. The van der Waals surface area contributed by atoms with Gasteiger partial charge in [-0.15, -0.1) is 0 Å². The minimum absolute atomic E-state index is 0.218. The molecule has 2 N–H and O–H groups in total. The van der Waals surface area contributed by atoms with Crippen molar-refractivity contribution in [2.45, 2.75) is 31.8 Å². The minimum Gasteiger partial charge on any atom is -0.352 e. The number of sulfone groups is 1. The lowest BCUT2D eigenvalue weighted by atomic mass is 10.1. The average Bonchev–Trinajstić information content (AvgIpc) is 2.57. The Balaban J connectivity index is 1.96. The van der Waals surface area contributed by atoms with Gasteiger partial charge in [-0.1, -0.05) is 24.3 Å². The zero-order valence-corrected chi connectivity index (χ0v) is 16.2. The van der Waals surface area contributed by atoms with Gasteiger partial charge in [0.05, 0.1) is 4.90 Å². The smallest absolute Gasteiger partial charge is 0.191 e. The normalized spacial score (nSPS) is 12.1. The number of nitrogens with zero attached hydrogens (tertiary/aromatic N) is 1. The first-order valence-electron chi connectivity index (χ1n) is 8.20. The minimum atomic E-state index is -3.22. The topological polar surface area (TPSA) is 70.6 Å². The predicted molar refractivity (Wildman–Crippen MR) is 102 cm³/mol. The molecule has 0 saturated carbocycles. The Bertz CT molecular complexity index is 924. The van der Waals surface area contributed by atoms with Crippen molar-refractivity contribution in [3.8, 4) is 0 Å². The highest BCUT2D eigenvalue weighted by Crippen LogP contribution is 2.16. The number of hydrogen-bond donors (Lipinski definition) is 2. The number of aryl methyl sites for hydroxylation is 2. The highest BCUT2D eigenvalue weighted by Gasteiger charge is 2.11. The van der Waals surface area contributed by atoms with Gasteiger partial charge in [-0.2, -0.15) is 0 Å². The van der Waals surface area contributed by atoms with E-state index in [-0.39, 0.29) is 5.82 Å². The molecule has 0 radical (unpaired) electrons. The molecule has 0 aliphatic carbocycles. The molecule has 26 heavy (non-hydrogen) atoms. The Morgan fingerprint density at radius 1 is 1.00 bits per heavy atom. The molecular formula is C19H24FN3O2S. The number of aliphatic imine (C=N–C) groups is 1. The predicted octanol–water partition coefficient (Wildman–Crippen LogP) is 2.71. The van der Waals surface area contributed by atoms with E-state index >= 15 is 0 Å². The van der Waals surface area contributed by atoms with Gasteiger partial charge in [-0.05, 0) is 48.2 Å². The molecule has 0 atom stereocenters. The van der Waals surface area contributed by atoms with Crippen LogP contribution in [0.4, 0.5) is 4.39 Å². The van der Waals surface area contributed by atoms with E-state index in [4.69, 9.17) is 0 Å². The van der Waals surface area contributed by atoms with Crippen molar-refractivity contribution < 1.29 is 12.8 Å². The van der Waals surface area contributed by atoms with Crippen LogP contribution in [0.15, 0.2) is 46.3 Å². The molecule has 0 fully saturated rings. The van der Waals surface area contributed by atoms with Gasteiger partial charge in [0.2, 0.25) is 0 Å². The van der Waals surface area contributed by atoms with E-state index in [2.05, 4.69) is 15.6 Å². The van der Waals surface area contributed by atoms with Crippen molar-refractivity contribution in [2.24, 2.45) is 4.99 Å². The van der Waals surface area contributed by atoms with Crippen molar-refractivity contribution in [2.75, 3.05) is 13.3 Å². The molecule has 7 heteroatoms. The SMILES string of the molecule is CN=C(NCc1ccc(F)c(C)c1)NCc1ccc(S(C)(=O)=O)c(C)c1. The van der Waals surface area contributed by atoms with Gasteiger partial charge in [0.1, 0.15) is 5.82 Å². The van der Waals surface area contributed by atoms with Crippen molar-refractivity contribution >= 4 is 15.8 Å². The summed E-state index contributed by atoms with van der Waals surface area (Å²) in [6.07, 6.45) is 1.20. The molecule has 0 unspecified atom stereocenters. The maximum absolute atomic E-state index is 13.3. The Hall–Kier alpha value is -2.41. The highest BCUT2D eigenvalue weighted by molar-refractivity contribution is 7.90. The van der Waals surface area contributed by atoms with Crippen molar-refractivity contribution in [3.63, 3.8) is 0 Å². The summed E-state index contributed by atoms with van der Waals surface area (Å²) >= 11 is 0. The lowest BCUT2D eigenvalue weighted by Crippen LogP contribution is -2.36. The zero-order chi connectivity index (χ0) is 19.3. The first-order chi connectivity index (χ1) is 12.2. The second-order valence-electron chi connectivity index (χ2n) is 6.23.